The van der Waals surface area contributed by atoms with E-state index in [1.165, 1.54) is 25.0 Å². The van der Waals surface area contributed by atoms with Gasteiger partial charge in [-0.15, -0.1) is 0 Å². The summed E-state index contributed by atoms with van der Waals surface area (Å²) in [4.78, 5) is 7.38. The Morgan fingerprint density at radius 2 is 2.24 bits per heavy atom. The van der Waals surface area contributed by atoms with Gasteiger partial charge < -0.3 is 15.6 Å². The molecule has 0 aliphatic heterocycles. The quantitative estimate of drug-likeness (QED) is 0.692. The van der Waals surface area contributed by atoms with Gasteiger partial charge in [-0.3, -0.25) is 0 Å². The van der Waals surface area contributed by atoms with Crippen molar-refractivity contribution in [2.75, 3.05) is 18.4 Å². The van der Waals surface area contributed by atoms with E-state index in [0.717, 1.165) is 30.2 Å². The lowest BCUT2D eigenvalue weighted by molar-refractivity contribution is 0.629. The molecule has 90 valence electrons. The summed E-state index contributed by atoms with van der Waals surface area (Å²) in [5.41, 5.74) is 1.51. The first-order valence-corrected chi connectivity index (χ1v) is 5.94. The van der Waals surface area contributed by atoms with Crippen LogP contribution in [0.1, 0.15) is 12.8 Å². The Bertz CT molecular complexity index is 518. The summed E-state index contributed by atoms with van der Waals surface area (Å²) < 4.78 is 13.0. The number of halogens is 1. The van der Waals surface area contributed by atoms with Crippen LogP contribution in [0.4, 0.5) is 10.3 Å². The Hall–Kier alpha value is -1.62. The lowest BCUT2D eigenvalue weighted by Gasteiger charge is -2.03. The smallest absolute Gasteiger partial charge is 0.201 e. The fourth-order valence-corrected chi connectivity index (χ4v) is 1.81. The maximum atomic E-state index is 13.0. The number of H-pyrrole nitrogens is 1. The molecule has 0 unspecified atom stereocenters. The summed E-state index contributed by atoms with van der Waals surface area (Å²) in [7, 11) is 0. The third-order valence-electron chi connectivity index (χ3n) is 2.87. The summed E-state index contributed by atoms with van der Waals surface area (Å²) in [5, 5.41) is 6.59. The highest BCUT2D eigenvalue weighted by atomic mass is 19.1. The first kappa shape index (κ1) is 10.5. The van der Waals surface area contributed by atoms with Crippen LogP contribution in [0.3, 0.4) is 0 Å². The van der Waals surface area contributed by atoms with Crippen molar-refractivity contribution in [3.8, 4) is 0 Å². The van der Waals surface area contributed by atoms with Crippen LogP contribution in [0.25, 0.3) is 11.0 Å². The van der Waals surface area contributed by atoms with Gasteiger partial charge in [-0.2, -0.15) is 0 Å². The second-order valence-electron chi connectivity index (χ2n) is 4.40. The van der Waals surface area contributed by atoms with Crippen LogP contribution in [-0.4, -0.2) is 29.1 Å². The lowest BCUT2D eigenvalue weighted by atomic mass is 10.3. The number of aromatic amines is 1. The number of nitrogens with zero attached hydrogens (tertiary/aromatic N) is 1. The molecule has 2 aromatic rings. The number of benzene rings is 1. The number of fused-ring (bicyclic) bond motifs is 1. The van der Waals surface area contributed by atoms with E-state index in [4.69, 9.17) is 0 Å². The summed E-state index contributed by atoms with van der Waals surface area (Å²) in [6, 6.07) is 5.27. The fourth-order valence-electron chi connectivity index (χ4n) is 1.81. The molecule has 1 aliphatic rings. The second kappa shape index (κ2) is 4.33. The number of anilines is 1. The van der Waals surface area contributed by atoms with E-state index >= 15 is 0 Å². The molecule has 17 heavy (non-hydrogen) atoms. The largest absolute Gasteiger partial charge is 0.355 e. The molecule has 1 aliphatic carbocycles. The third kappa shape index (κ3) is 2.55. The number of rotatable bonds is 5. The minimum absolute atomic E-state index is 0.247. The number of aromatic nitrogens is 2. The zero-order valence-electron chi connectivity index (χ0n) is 9.46. The highest BCUT2D eigenvalue weighted by molar-refractivity contribution is 5.77. The monoisotopic (exact) mass is 234 g/mol. The predicted octanol–water partition coefficient (Wildman–Crippen LogP) is 1.87. The molecule has 0 radical (unpaired) electrons. The predicted molar refractivity (Wildman–Crippen MR) is 65.6 cm³/mol. The Balaban J connectivity index is 1.60. The summed E-state index contributed by atoms with van der Waals surface area (Å²) in [6.45, 7) is 1.74. The van der Waals surface area contributed by atoms with Crippen LogP contribution >= 0.6 is 0 Å². The van der Waals surface area contributed by atoms with Crippen molar-refractivity contribution >= 4 is 17.0 Å². The molecule has 0 atom stereocenters. The molecule has 1 fully saturated rings. The Labute approximate surface area is 98.6 Å². The van der Waals surface area contributed by atoms with Crippen molar-refractivity contribution in [3.63, 3.8) is 0 Å². The topological polar surface area (TPSA) is 52.7 Å². The first-order chi connectivity index (χ1) is 8.31. The molecule has 1 heterocycles. The molecule has 4 nitrogen and oxygen atoms in total. The molecular formula is C12H15FN4. The van der Waals surface area contributed by atoms with Gasteiger partial charge in [0.1, 0.15) is 5.82 Å². The Morgan fingerprint density at radius 1 is 1.35 bits per heavy atom. The minimum Gasteiger partial charge on any atom is -0.355 e. The number of imidazole rings is 1. The molecule has 3 N–H and O–H groups in total. The van der Waals surface area contributed by atoms with E-state index in [0.29, 0.717) is 5.95 Å². The van der Waals surface area contributed by atoms with E-state index in [1.54, 1.807) is 6.07 Å². The van der Waals surface area contributed by atoms with Crippen LogP contribution in [0.15, 0.2) is 18.2 Å². The average molecular weight is 234 g/mol. The van der Waals surface area contributed by atoms with Crippen LogP contribution in [0.5, 0.6) is 0 Å². The summed E-state index contributed by atoms with van der Waals surface area (Å²) in [5.74, 6) is 0.450. The minimum atomic E-state index is -0.247. The highest BCUT2D eigenvalue weighted by Crippen LogP contribution is 2.18. The molecule has 1 aromatic heterocycles. The molecule has 0 spiro atoms. The lowest BCUT2D eigenvalue weighted by Crippen LogP contribution is -2.24. The number of hydrogen-bond acceptors (Lipinski definition) is 3. The molecule has 0 bridgehead atoms. The van der Waals surface area contributed by atoms with Gasteiger partial charge in [0.25, 0.3) is 0 Å². The zero-order valence-corrected chi connectivity index (χ0v) is 9.46. The van der Waals surface area contributed by atoms with Crippen LogP contribution in [0.2, 0.25) is 0 Å². The summed E-state index contributed by atoms with van der Waals surface area (Å²) >= 11 is 0. The van der Waals surface area contributed by atoms with E-state index in [1.807, 2.05) is 0 Å². The molecule has 5 heteroatoms. The van der Waals surface area contributed by atoms with Crippen molar-refractivity contribution in [2.24, 2.45) is 0 Å². The van der Waals surface area contributed by atoms with Crippen molar-refractivity contribution < 1.29 is 4.39 Å². The average Bonchev–Trinajstić information content (AvgIpc) is 3.04. The molecule has 0 saturated heterocycles. The summed E-state index contributed by atoms with van der Waals surface area (Å²) in [6.07, 6.45) is 2.59. The fraction of sp³-hybridized carbons (Fsp3) is 0.417. The van der Waals surface area contributed by atoms with Crippen molar-refractivity contribution in [2.45, 2.75) is 18.9 Å². The molecule has 1 aromatic carbocycles. The molecule has 0 amide bonds. The molecule has 3 rings (SSSR count). The van der Waals surface area contributed by atoms with Gasteiger partial charge >= 0.3 is 0 Å². The van der Waals surface area contributed by atoms with Crippen LogP contribution < -0.4 is 10.6 Å². The normalized spacial score (nSPS) is 15.4. The van der Waals surface area contributed by atoms with Gasteiger partial charge in [-0.05, 0) is 31.0 Å². The van der Waals surface area contributed by atoms with E-state index in [-0.39, 0.29) is 5.82 Å². The SMILES string of the molecule is Fc1ccc2nc(NCCNC3CC3)[nH]c2c1. The van der Waals surface area contributed by atoms with Gasteiger partial charge in [-0.25, -0.2) is 9.37 Å². The zero-order chi connectivity index (χ0) is 11.7. The van der Waals surface area contributed by atoms with E-state index in [2.05, 4.69) is 20.6 Å². The maximum absolute atomic E-state index is 13.0. The number of hydrogen-bond donors (Lipinski definition) is 3. The van der Waals surface area contributed by atoms with Gasteiger partial charge in [0.15, 0.2) is 0 Å². The third-order valence-corrected chi connectivity index (χ3v) is 2.87. The van der Waals surface area contributed by atoms with Crippen molar-refractivity contribution in [3.05, 3.63) is 24.0 Å². The molecular weight excluding hydrogens is 219 g/mol. The van der Waals surface area contributed by atoms with E-state index < -0.39 is 0 Å². The van der Waals surface area contributed by atoms with Gasteiger partial charge in [-0.1, -0.05) is 0 Å². The van der Waals surface area contributed by atoms with Crippen LogP contribution in [0, 0.1) is 5.82 Å². The van der Waals surface area contributed by atoms with Gasteiger partial charge in [0.2, 0.25) is 5.95 Å². The first-order valence-electron chi connectivity index (χ1n) is 5.94. The standard InChI is InChI=1S/C12H15FN4/c13-8-1-4-10-11(7-8)17-12(16-10)15-6-5-14-9-2-3-9/h1,4,7,9,14H,2-3,5-6H2,(H2,15,16,17). The maximum Gasteiger partial charge on any atom is 0.201 e. The van der Waals surface area contributed by atoms with Crippen molar-refractivity contribution in [1.29, 1.82) is 0 Å². The van der Waals surface area contributed by atoms with E-state index in [9.17, 15) is 4.39 Å². The second-order valence-corrected chi connectivity index (χ2v) is 4.40. The van der Waals surface area contributed by atoms with Gasteiger partial charge in [0.05, 0.1) is 11.0 Å². The highest BCUT2D eigenvalue weighted by Gasteiger charge is 2.19. The molecule has 1 saturated carbocycles. The number of nitrogens with one attached hydrogen (secondary N) is 3. The Morgan fingerprint density at radius 3 is 3.06 bits per heavy atom. The van der Waals surface area contributed by atoms with Gasteiger partial charge in [0, 0.05) is 19.1 Å². The Kier molecular flexibility index (Phi) is 2.68. The van der Waals surface area contributed by atoms with Crippen molar-refractivity contribution in [1.82, 2.24) is 15.3 Å². The van der Waals surface area contributed by atoms with Crippen LogP contribution in [-0.2, 0) is 0 Å².